The van der Waals surface area contributed by atoms with Crippen molar-refractivity contribution in [2.45, 2.75) is 57.0 Å². The van der Waals surface area contributed by atoms with Crippen LogP contribution in [-0.2, 0) is 16.1 Å². The lowest BCUT2D eigenvalue weighted by molar-refractivity contribution is -0.00739. The third-order valence-corrected chi connectivity index (χ3v) is 5.43. The molecule has 2 aliphatic heterocycles. The number of benzene rings is 1. The molecule has 1 N–H and O–H groups in total. The summed E-state index contributed by atoms with van der Waals surface area (Å²) in [4.78, 5) is 2.24. The molecule has 2 fully saturated rings. The molecule has 28 heavy (non-hydrogen) atoms. The summed E-state index contributed by atoms with van der Waals surface area (Å²) in [6, 6.07) is 10.1. The zero-order valence-corrected chi connectivity index (χ0v) is 16.2. The van der Waals surface area contributed by atoms with E-state index in [1.165, 1.54) is 0 Å². The number of likely N-dealkylation sites (tertiary alicyclic amines) is 1. The van der Waals surface area contributed by atoms with Crippen LogP contribution in [0.2, 0.25) is 0 Å². The van der Waals surface area contributed by atoms with Gasteiger partial charge in [0.25, 0.3) is 0 Å². The van der Waals surface area contributed by atoms with Crippen molar-refractivity contribution < 1.29 is 19.0 Å². The quantitative estimate of drug-likeness (QED) is 0.746. The van der Waals surface area contributed by atoms with Gasteiger partial charge in [-0.25, -0.2) is 0 Å². The first-order valence-electron chi connectivity index (χ1n) is 10.3. The maximum Gasteiger partial charge on any atom is 0.245 e. The molecule has 7 heteroatoms. The van der Waals surface area contributed by atoms with Gasteiger partial charge in [0.05, 0.1) is 25.4 Å². The van der Waals surface area contributed by atoms with Crippen LogP contribution in [0.25, 0.3) is 0 Å². The molecule has 3 heterocycles. The minimum absolute atomic E-state index is 0.0557. The summed E-state index contributed by atoms with van der Waals surface area (Å²) in [6.07, 6.45) is 4.56. The molecule has 3 atom stereocenters. The molecule has 2 aromatic rings. The minimum Gasteiger partial charge on any atom is -0.421 e. The SMILES string of the molecule is O[C@H](COCc1ccccc1)CN1CCCC[C@H]1c1nnc([C@H]2CCCO2)o1. The van der Waals surface area contributed by atoms with Gasteiger partial charge in [0.1, 0.15) is 6.10 Å². The van der Waals surface area contributed by atoms with Crippen molar-refractivity contribution in [3.63, 3.8) is 0 Å². The highest BCUT2D eigenvalue weighted by molar-refractivity contribution is 5.13. The van der Waals surface area contributed by atoms with Gasteiger partial charge in [0, 0.05) is 13.2 Å². The van der Waals surface area contributed by atoms with Crippen molar-refractivity contribution in [3.05, 3.63) is 47.7 Å². The van der Waals surface area contributed by atoms with Gasteiger partial charge in [-0.2, -0.15) is 0 Å². The third-order valence-electron chi connectivity index (χ3n) is 5.43. The predicted octanol–water partition coefficient (Wildman–Crippen LogP) is 3.03. The first-order chi connectivity index (χ1) is 13.8. The highest BCUT2D eigenvalue weighted by atomic mass is 16.5. The van der Waals surface area contributed by atoms with Crippen LogP contribution < -0.4 is 0 Å². The van der Waals surface area contributed by atoms with Crippen LogP contribution in [0.3, 0.4) is 0 Å². The van der Waals surface area contributed by atoms with Gasteiger partial charge >= 0.3 is 0 Å². The minimum atomic E-state index is -0.551. The van der Waals surface area contributed by atoms with E-state index in [-0.39, 0.29) is 12.1 Å². The van der Waals surface area contributed by atoms with Crippen molar-refractivity contribution in [2.24, 2.45) is 0 Å². The smallest absolute Gasteiger partial charge is 0.245 e. The summed E-state index contributed by atoms with van der Waals surface area (Å²) >= 11 is 0. The molecule has 0 aliphatic carbocycles. The summed E-state index contributed by atoms with van der Waals surface area (Å²) < 4.78 is 17.3. The van der Waals surface area contributed by atoms with Crippen LogP contribution in [0.1, 0.15) is 61.6 Å². The molecule has 0 radical (unpaired) electrons. The first-order valence-corrected chi connectivity index (χ1v) is 10.3. The number of aromatic nitrogens is 2. The Balaban J connectivity index is 1.30. The molecule has 0 amide bonds. The molecule has 2 aliphatic rings. The molecule has 1 aromatic carbocycles. The molecule has 7 nitrogen and oxygen atoms in total. The number of ether oxygens (including phenoxy) is 2. The van der Waals surface area contributed by atoms with Crippen LogP contribution in [-0.4, -0.2) is 52.6 Å². The number of rotatable bonds is 8. The maximum atomic E-state index is 10.5. The summed E-state index contributed by atoms with van der Waals surface area (Å²) in [5.41, 5.74) is 1.11. The highest BCUT2D eigenvalue weighted by Gasteiger charge is 2.31. The number of nitrogens with zero attached hydrogens (tertiary/aromatic N) is 3. The van der Waals surface area contributed by atoms with E-state index in [0.29, 0.717) is 31.5 Å². The Morgan fingerprint density at radius 1 is 1.11 bits per heavy atom. The molecular formula is C21H29N3O4. The Morgan fingerprint density at radius 3 is 2.79 bits per heavy atom. The number of hydrogen-bond donors (Lipinski definition) is 1. The van der Waals surface area contributed by atoms with Gasteiger partial charge < -0.3 is 19.0 Å². The summed E-state index contributed by atoms with van der Waals surface area (Å²) in [7, 11) is 0. The van der Waals surface area contributed by atoms with Crippen LogP contribution in [0.15, 0.2) is 34.7 Å². The molecule has 0 spiro atoms. The number of aliphatic hydroxyl groups excluding tert-OH is 1. The Hall–Kier alpha value is -1.80. The zero-order chi connectivity index (χ0) is 19.2. The predicted molar refractivity (Wildman–Crippen MR) is 102 cm³/mol. The zero-order valence-electron chi connectivity index (χ0n) is 16.2. The molecule has 0 bridgehead atoms. The standard InChI is InChI=1S/C21H29N3O4/c25-17(15-26-14-16-7-2-1-3-8-16)13-24-11-5-4-9-18(24)20-22-23-21(28-20)19-10-6-12-27-19/h1-3,7-8,17-19,25H,4-6,9-15H2/t17-,18-,19+/m0/s1. The Labute approximate surface area is 165 Å². The Bertz CT molecular complexity index is 717. The maximum absolute atomic E-state index is 10.5. The Morgan fingerprint density at radius 2 is 1.96 bits per heavy atom. The molecular weight excluding hydrogens is 358 g/mol. The fourth-order valence-corrected chi connectivity index (χ4v) is 3.98. The van der Waals surface area contributed by atoms with Crippen molar-refractivity contribution in [1.29, 1.82) is 0 Å². The summed E-state index contributed by atoms with van der Waals surface area (Å²) in [5.74, 6) is 1.23. The van der Waals surface area contributed by atoms with Gasteiger partial charge in [-0.1, -0.05) is 36.8 Å². The third kappa shape index (κ3) is 4.97. The average molecular weight is 387 g/mol. The number of piperidine rings is 1. The summed E-state index contributed by atoms with van der Waals surface area (Å²) in [5, 5.41) is 19.0. The van der Waals surface area contributed by atoms with Crippen LogP contribution >= 0.6 is 0 Å². The number of aliphatic hydroxyl groups is 1. The fourth-order valence-electron chi connectivity index (χ4n) is 3.98. The second-order valence-corrected chi connectivity index (χ2v) is 7.64. The second-order valence-electron chi connectivity index (χ2n) is 7.64. The highest BCUT2D eigenvalue weighted by Crippen LogP contribution is 2.33. The molecule has 0 saturated carbocycles. The topological polar surface area (TPSA) is 80.9 Å². The van der Waals surface area contributed by atoms with E-state index in [0.717, 1.165) is 50.8 Å². The Kier molecular flexibility index (Phi) is 6.69. The van der Waals surface area contributed by atoms with E-state index < -0.39 is 6.10 Å². The van der Waals surface area contributed by atoms with Crippen LogP contribution in [0.5, 0.6) is 0 Å². The molecule has 1 aromatic heterocycles. The lowest BCUT2D eigenvalue weighted by Gasteiger charge is -2.34. The van der Waals surface area contributed by atoms with Gasteiger partial charge in [-0.05, 0) is 37.8 Å². The van der Waals surface area contributed by atoms with Crippen molar-refractivity contribution >= 4 is 0 Å². The van der Waals surface area contributed by atoms with Gasteiger partial charge in [-0.3, -0.25) is 4.90 Å². The molecule has 0 unspecified atom stereocenters. The number of hydrogen-bond acceptors (Lipinski definition) is 7. The van der Waals surface area contributed by atoms with Crippen LogP contribution in [0.4, 0.5) is 0 Å². The van der Waals surface area contributed by atoms with Crippen molar-refractivity contribution in [1.82, 2.24) is 15.1 Å². The molecule has 4 rings (SSSR count). The first kappa shape index (κ1) is 19.5. The van der Waals surface area contributed by atoms with E-state index in [2.05, 4.69) is 15.1 Å². The lowest BCUT2D eigenvalue weighted by Crippen LogP contribution is -2.40. The normalized spacial score (nSPS) is 24.5. The molecule has 2 saturated heterocycles. The van der Waals surface area contributed by atoms with Gasteiger partial charge in [0.15, 0.2) is 0 Å². The van der Waals surface area contributed by atoms with Gasteiger partial charge in [0.2, 0.25) is 11.8 Å². The average Bonchev–Trinajstić information content (AvgIpc) is 3.41. The van der Waals surface area contributed by atoms with E-state index in [1.807, 2.05) is 30.3 Å². The van der Waals surface area contributed by atoms with E-state index >= 15 is 0 Å². The summed E-state index contributed by atoms with van der Waals surface area (Å²) in [6.45, 7) is 3.03. The van der Waals surface area contributed by atoms with E-state index in [9.17, 15) is 5.11 Å². The monoisotopic (exact) mass is 387 g/mol. The van der Waals surface area contributed by atoms with E-state index in [1.54, 1.807) is 0 Å². The van der Waals surface area contributed by atoms with Crippen molar-refractivity contribution in [3.8, 4) is 0 Å². The lowest BCUT2D eigenvalue weighted by atomic mass is 10.0. The fraction of sp³-hybridized carbons (Fsp3) is 0.619. The molecule has 152 valence electrons. The van der Waals surface area contributed by atoms with Crippen molar-refractivity contribution in [2.75, 3.05) is 26.3 Å². The van der Waals surface area contributed by atoms with Crippen LogP contribution in [0, 0.1) is 0 Å². The number of β-amino-alcohol motifs (C(OH)–C–C–N with tert-alkyl or cyclic N) is 1. The van der Waals surface area contributed by atoms with Gasteiger partial charge in [-0.15, -0.1) is 10.2 Å². The second kappa shape index (κ2) is 9.60. The largest absolute Gasteiger partial charge is 0.421 e. The van der Waals surface area contributed by atoms with E-state index in [4.69, 9.17) is 13.9 Å².